The molecular formula is C64H42N4. The molecule has 0 radical (unpaired) electrons. The van der Waals surface area contributed by atoms with Crippen LogP contribution in [-0.4, -0.2) is 19.6 Å². The lowest BCUT2D eigenvalue weighted by Crippen LogP contribution is -2.28. The molecule has 0 spiro atoms. The number of aromatic nitrogens is 4. The first kappa shape index (κ1) is 39.4. The smallest absolute Gasteiger partial charge is 0.160 e. The van der Waals surface area contributed by atoms with E-state index in [1.54, 1.807) is 0 Å². The summed E-state index contributed by atoms with van der Waals surface area (Å²) < 4.78 is 2.14. The van der Waals surface area contributed by atoms with Crippen molar-refractivity contribution in [2.24, 2.45) is 0 Å². The zero-order valence-corrected chi connectivity index (χ0v) is 37.0. The number of fused-ring (bicyclic) bond motifs is 6. The second-order valence-corrected chi connectivity index (χ2v) is 17.5. The number of rotatable bonds is 8. The number of benzene rings is 9. The summed E-state index contributed by atoms with van der Waals surface area (Å²) in [4.78, 5) is 10.7. The van der Waals surface area contributed by atoms with E-state index in [0.29, 0.717) is 5.82 Å². The first-order chi connectivity index (χ1) is 33.7. The summed E-state index contributed by atoms with van der Waals surface area (Å²) in [5.41, 5.74) is 19.0. The van der Waals surface area contributed by atoms with Crippen LogP contribution in [0.3, 0.4) is 0 Å². The Morgan fingerprint density at radius 3 is 1.54 bits per heavy atom. The highest BCUT2D eigenvalue weighted by atomic mass is 15.2. The van der Waals surface area contributed by atoms with E-state index in [9.17, 15) is 0 Å². The third-order valence-corrected chi connectivity index (χ3v) is 13.7. The molecular weight excluding hydrogens is 825 g/mol. The first-order valence-corrected chi connectivity index (χ1v) is 23.2. The summed E-state index contributed by atoms with van der Waals surface area (Å²) in [7, 11) is 0. The van der Waals surface area contributed by atoms with Crippen molar-refractivity contribution in [1.29, 1.82) is 0 Å². The Bertz CT molecular complexity index is 3770. The molecule has 0 saturated carbocycles. The van der Waals surface area contributed by atoms with Gasteiger partial charge in [-0.2, -0.15) is 5.10 Å². The van der Waals surface area contributed by atoms with Gasteiger partial charge in [-0.1, -0.05) is 237 Å². The molecule has 3 heterocycles. The topological polar surface area (TPSA) is 43.1 Å². The molecule has 68 heavy (non-hydrogen) atoms. The molecule has 0 aliphatic heterocycles. The summed E-state index contributed by atoms with van der Waals surface area (Å²) in [5.74, 6) is 0.661. The molecule has 13 rings (SSSR count). The minimum Gasteiger partial charge on any atom is -0.231 e. The predicted molar refractivity (Wildman–Crippen MR) is 278 cm³/mol. The van der Waals surface area contributed by atoms with E-state index >= 15 is 0 Å². The van der Waals surface area contributed by atoms with Crippen molar-refractivity contribution >= 4 is 16.3 Å². The van der Waals surface area contributed by atoms with Crippen LogP contribution in [-0.2, 0) is 5.41 Å². The Morgan fingerprint density at radius 2 is 0.868 bits per heavy atom. The molecule has 0 saturated heterocycles. The summed E-state index contributed by atoms with van der Waals surface area (Å²) in [6.07, 6.45) is 0. The fourth-order valence-electron chi connectivity index (χ4n) is 10.6. The minimum absolute atomic E-state index is 0.525. The number of hydrogen-bond acceptors (Lipinski definition) is 3. The van der Waals surface area contributed by atoms with E-state index in [4.69, 9.17) is 15.1 Å². The molecule has 12 aromatic rings. The minimum atomic E-state index is -0.525. The number of pyridine rings is 1. The standard InChI is InChI=1S/C64H42N4/c1-6-20-43(21-7-1)57-42-58(49-38-39-54-53-32-18-19-33-55(53)64(56(54)40-49,50-27-12-4-13-28-50)51-29-14-5-15-30-51)66-63(65-57)47-36-34-45(35-37-47)60-61(46-24-10-3-11-25-46)67-68-59(44-22-8-2-9-23-44)41-48-26-16-17-31-52(48)62(60)68/h1-42H. The Morgan fingerprint density at radius 1 is 0.353 bits per heavy atom. The molecule has 0 N–H and O–H groups in total. The predicted octanol–water partition coefficient (Wildman–Crippen LogP) is 15.6. The van der Waals surface area contributed by atoms with Gasteiger partial charge in [0.15, 0.2) is 5.82 Å². The van der Waals surface area contributed by atoms with Gasteiger partial charge >= 0.3 is 0 Å². The van der Waals surface area contributed by atoms with Gasteiger partial charge in [-0.15, -0.1) is 0 Å². The maximum Gasteiger partial charge on any atom is 0.160 e. The highest BCUT2D eigenvalue weighted by molar-refractivity contribution is 6.08. The van der Waals surface area contributed by atoms with Gasteiger partial charge < -0.3 is 0 Å². The van der Waals surface area contributed by atoms with Crippen LogP contribution >= 0.6 is 0 Å². The van der Waals surface area contributed by atoms with Gasteiger partial charge in [0.05, 0.1) is 28.0 Å². The third kappa shape index (κ3) is 6.34. The second kappa shape index (κ2) is 16.2. The van der Waals surface area contributed by atoms with Crippen molar-refractivity contribution in [2.75, 3.05) is 0 Å². The van der Waals surface area contributed by atoms with E-state index in [0.717, 1.165) is 78.0 Å². The van der Waals surface area contributed by atoms with Crippen molar-refractivity contribution in [2.45, 2.75) is 5.41 Å². The average Bonchev–Trinajstić information content (AvgIpc) is 3.97. The van der Waals surface area contributed by atoms with Gasteiger partial charge in [0.2, 0.25) is 0 Å². The number of nitrogens with zero attached hydrogens (tertiary/aromatic N) is 4. The lowest BCUT2D eigenvalue weighted by Gasteiger charge is -2.34. The van der Waals surface area contributed by atoms with Gasteiger partial charge in [-0.05, 0) is 62.5 Å². The lowest BCUT2D eigenvalue weighted by molar-refractivity contribution is 0.768. The first-order valence-electron chi connectivity index (χ1n) is 23.2. The second-order valence-electron chi connectivity index (χ2n) is 17.5. The van der Waals surface area contributed by atoms with Crippen LogP contribution in [0.25, 0.3) is 95.0 Å². The van der Waals surface area contributed by atoms with Crippen LogP contribution in [0.15, 0.2) is 255 Å². The van der Waals surface area contributed by atoms with E-state index < -0.39 is 5.41 Å². The number of hydrogen-bond donors (Lipinski definition) is 0. The zero-order valence-electron chi connectivity index (χ0n) is 37.0. The van der Waals surface area contributed by atoms with Gasteiger partial charge in [0.1, 0.15) is 5.69 Å². The van der Waals surface area contributed by atoms with Gasteiger partial charge in [-0.25, -0.2) is 14.5 Å². The van der Waals surface area contributed by atoms with Crippen LogP contribution in [0, 0.1) is 0 Å². The summed E-state index contributed by atoms with van der Waals surface area (Å²) >= 11 is 0. The molecule has 318 valence electrons. The van der Waals surface area contributed by atoms with Crippen molar-refractivity contribution in [3.63, 3.8) is 0 Å². The largest absolute Gasteiger partial charge is 0.231 e. The third-order valence-electron chi connectivity index (χ3n) is 13.7. The Kier molecular flexibility index (Phi) is 9.36. The molecule has 3 aromatic heterocycles. The van der Waals surface area contributed by atoms with Gasteiger partial charge in [-0.3, -0.25) is 0 Å². The van der Waals surface area contributed by atoms with Crippen LogP contribution in [0.4, 0.5) is 0 Å². The Hall–Kier alpha value is -8.99. The molecule has 0 amide bonds. The quantitative estimate of drug-likeness (QED) is 0.153. The SMILES string of the molecule is c1ccc(-c2cc(-c3ccc4c(c3)C(c3ccccc3)(c3ccccc3)c3ccccc3-4)nc(-c3ccc(-c4c(-c5ccccc5)nn5c(-c6ccccc6)cc6ccccc6c45)cc3)n2)cc1. The van der Waals surface area contributed by atoms with Gasteiger partial charge in [0, 0.05) is 38.8 Å². The highest BCUT2D eigenvalue weighted by Gasteiger charge is 2.46. The molecule has 0 atom stereocenters. The summed E-state index contributed by atoms with van der Waals surface area (Å²) in [6, 6.07) is 91.0. The summed E-state index contributed by atoms with van der Waals surface area (Å²) in [5, 5.41) is 7.74. The van der Waals surface area contributed by atoms with E-state index in [-0.39, 0.29) is 0 Å². The highest BCUT2D eigenvalue weighted by Crippen LogP contribution is 2.56. The lowest BCUT2D eigenvalue weighted by atomic mass is 9.67. The molecule has 1 aliphatic carbocycles. The van der Waals surface area contributed by atoms with Crippen molar-refractivity contribution in [3.8, 4) is 78.7 Å². The van der Waals surface area contributed by atoms with Crippen molar-refractivity contribution in [3.05, 3.63) is 277 Å². The molecule has 0 bridgehead atoms. The molecule has 4 heteroatoms. The molecule has 4 nitrogen and oxygen atoms in total. The molecule has 0 unspecified atom stereocenters. The van der Waals surface area contributed by atoms with Crippen LogP contribution in [0.5, 0.6) is 0 Å². The fraction of sp³-hybridized carbons (Fsp3) is 0.0156. The Balaban J connectivity index is 0.993. The van der Waals surface area contributed by atoms with E-state index in [1.807, 2.05) is 6.07 Å². The monoisotopic (exact) mass is 866 g/mol. The van der Waals surface area contributed by atoms with Crippen LogP contribution in [0.2, 0.25) is 0 Å². The van der Waals surface area contributed by atoms with Crippen LogP contribution in [0.1, 0.15) is 22.3 Å². The maximum atomic E-state index is 5.44. The van der Waals surface area contributed by atoms with E-state index in [1.165, 1.54) is 33.4 Å². The summed E-state index contributed by atoms with van der Waals surface area (Å²) in [6.45, 7) is 0. The van der Waals surface area contributed by atoms with Crippen molar-refractivity contribution < 1.29 is 0 Å². The average molecular weight is 867 g/mol. The molecule has 9 aromatic carbocycles. The maximum absolute atomic E-state index is 5.44. The van der Waals surface area contributed by atoms with E-state index in [2.05, 4.69) is 253 Å². The normalized spacial score (nSPS) is 12.5. The molecule has 1 aliphatic rings. The zero-order chi connectivity index (χ0) is 45.0. The van der Waals surface area contributed by atoms with Crippen molar-refractivity contribution in [1.82, 2.24) is 19.6 Å². The molecule has 0 fully saturated rings. The fourth-order valence-corrected chi connectivity index (χ4v) is 10.6. The van der Waals surface area contributed by atoms with Crippen LogP contribution < -0.4 is 0 Å². The Labute approximate surface area is 395 Å². The van der Waals surface area contributed by atoms with Gasteiger partial charge in [0.25, 0.3) is 0 Å².